The first kappa shape index (κ1) is 31.8. The third kappa shape index (κ3) is 5.65. The van der Waals surface area contributed by atoms with Crippen LogP contribution in [-0.2, 0) is 33.4 Å². The number of fused-ring (bicyclic) bond motifs is 5. The number of carbonyl (C=O) groups is 4. The van der Waals surface area contributed by atoms with E-state index in [2.05, 4.69) is 20.8 Å². The topological polar surface area (TPSA) is 116 Å². The van der Waals surface area contributed by atoms with Crippen LogP contribution in [0.2, 0.25) is 0 Å². The van der Waals surface area contributed by atoms with Gasteiger partial charge in [0.2, 0.25) is 0 Å². The van der Waals surface area contributed by atoms with Crippen LogP contribution in [-0.4, -0.2) is 40.9 Å². The molecule has 232 valence electrons. The van der Waals surface area contributed by atoms with Gasteiger partial charge in [-0.1, -0.05) is 20.8 Å². The Balaban J connectivity index is 1.44. The first-order valence-corrected chi connectivity index (χ1v) is 15.8. The highest BCUT2D eigenvalue weighted by Crippen LogP contribution is 2.68. The number of hydrogen-bond donors (Lipinski definition) is 1. The summed E-state index contributed by atoms with van der Waals surface area (Å²) in [5.41, 5.74) is -0.959. The number of ether oxygens (including phenoxy) is 3. The number of hydrogen-bond acceptors (Lipinski definition) is 7. The molecule has 8 nitrogen and oxygen atoms in total. The van der Waals surface area contributed by atoms with Crippen LogP contribution in [0.1, 0.15) is 120 Å². The van der Waals surface area contributed by atoms with Crippen molar-refractivity contribution in [2.24, 2.45) is 51.8 Å². The van der Waals surface area contributed by atoms with E-state index in [9.17, 15) is 24.3 Å². The van der Waals surface area contributed by atoms with Crippen molar-refractivity contribution in [2.75, 3.05) is 0 Å². The highest BCUT2D eigenvalue weighted by atomic mass is 16.7. The molecule has 0 spiro atoms. The second kappa shape index (κ2) is 11.2. The van der Waals surface area contributed by atoms with Crippen LogP contribution in [0.4, 0.5) is 0 Å². The summed E-state index contributed by atoms with van der Waals surface area (Å²) in [4.78, 5) is 48.6. The molecule has 0 amide bonds. The van der Waals surface area contributed by atoms with Crippen LogP contribution in [0.3, 0.4) is 0 Å². The molecule has 41 heavy (non-hydrogen) atoms. The Morgan fingerprint density at radius 2 is 1.44 bits per heavy atom. The Morgan fingerprint density at radius 1 is 0.854 bits per heavy atom. The first-order chi connectivity index (χ1) is 18.9. The van der Waals surface area contributed by atoms with Gasteiger partial charge in [-0.3, -0.25) is 19.2 Å². The summed E-state index contributed by atoms with van der Waals surface area (Å²) < 4.78 is 16.8. The maximum Gasteiger partial charge on any atom is 0.319 e. The molecule has 0 aromatic rings. The SMILES string of the molecule is CC(=O)OC(C)(OC(C)=O)C(C)(C)C(=O)O[C@@H]1CC[C@]2(C)C3CC[C@@]4(C)C(CC[C@@H]4C(C)CC(=O)O)C3CC[C@@H]2C1. The Labute approximate surface area is 245 Å². The molecule has 4 aliphatic carbocycles. The molecule has 4 saturated carbocycles. The number of aliphatic carboxylic acids is 1. The van der Waals surface area contributed by atoms with Crippen molar-refractivity contribution in [3.05, 3.63) is 0 Å². The van der Waals surface area contributed by atoms with E-state index in [1.54, 1.807) is 13.8 Å². The normalized spacial score (nSPS) is 37.6. The summed E-state index contributed by atoms with van der Waals surface area (Å²) in [7, 11) is 0. The van der Waals surface area contributed by atoms with Crippen molar-refractivity contribution >= 4 is 23.9 Å². The third-order valence-electron chi connectivity index (χ3n) is 12.5. The van der Waals surface area contributed by atoms with Crippen LogP contribution in [0, 0.1) is 51.8 Å². The van der Waals surface area contributed by atoms with Crippen molar-refractivity contribution in [3.63, 3.8) is 0 Å². The van der Waals surface area contributed by atoms with E-state index in [1.807, 2.05) is 0 Å². The lowest BCUT2D eigenvalue weighted by Gasteiger charge is -2.61. The number of rotatable bonds is 8. The fourth-order valence-electron chi connectivity index (χ4n) is 10.0. The molecule has 0 saturated heterocycles. The van der Waals surface area contributed by atoms with Crippen molar-refractivity contribution in [3.8, 4) is 0 Å². The molecular weight excluding hydrogens is 524 g/mol. The van der Waals surface area contributed by atoms with E-state index in [-0.39, 0.29) is 29.3 Å². The van der Waals surface area contributed by atoms with Crippen LogP contribution >= 0.6 is 0 Å². The zero-order valence-electron chi connectivity index (χ0n) is 26.4. The van der Waals surface area contributed by atoms with Crippen molar-refractivity contribution in [1.82, 2.24) is 0 Å². The lowest BCUT2D eigenvalue weighted by molar-refractivity contribution is -0.260. The summed E-state index contributed by atoms with van der Waals surface area (Å²) >= 11 is 0. The van der Waals surface area contributed by atoms with Gasteiger partial charge in [-0.2, -0.15) is 0 Å². The molecule has 4 unspecified atom stereocenters. The number of esters is 3. The van der Waals surface area contributed by atoms with E-state index in [4.69, 9.17) is 14.2 Å². The standard InChI is InChI=1S/C33H52O8/c1-19(17-28(36)37)25-11-12-26-24-10-9-22-18-23(13-15-31(22,6)27(24)14-16-32(25,26)7)39-29(38)30(4,5)33(8,40-20(2)34)41-21(3)35/h19,22-27H,9-18H2,1-8H3,(H,36,37)/t19?,22-,23-,24?,25-,26?,27?,31+,32-/m1/s1. The molecule has 9 atom stereocenters. The highest BCUT2D eigenvalue weighted by Gasteiger charge is 2.61. The molecule has 0 bridgehead atoms. The minimum Gasteiger partial charge on any atom is -0.481 e. The summed E-state index contributed by atoms with van der Waals surface area (Å²) in [6.07, 6.45) is 9.69. The quantitative estimate of drug-likeness (QED) is 0.256. The number of carboxylic acid groups (broad SMARTS) is 1. The van der Waals surface area contributed by atoms with E-state index in [0.29, 0.717) is 29.6 Å². The van der Waals surface area contributed by atoms with Gasteiger partial charge in [-0.15, -0.1) is 0 Å². The van der Waals surface area contributed by atoms with Gasteiger partial charge in [0.15, 0.2) is 0 Å². The van der Waals surface area contributed by atoms with Gasteiger partial charge in [-0.05, 0) is 118 Å². The molecule has 0 aliphatic heterocycles. The van der Waals surface area contributed by atoms with Crippen molar-refractivity contribution in [2.45, 2.75) is 131 Å². The number of carbonyl (C=O) groups excluding carboxylic acids is 3. The molecule has 0 heterocycles. The number of carboxylic acids is 1. The molecule has 0 radical (unpaired) electrons. The van der Waals surface area contributed by atoms with E-state index in [1.165, 1.54) is 46.5 Å². The van der Waals surface area contributed by atoms with E-state index < -0.39 is 35.1 Å². The average molecular weight is 577 g/mol. The average Bonchev–Trinajstić information content (AvgIpc) is 3.20. The van der Waals surface area contributed by atoms with Crippen LogP contribution in [0.25, 0.3) is 0 Å². The molecular formula is C33H52O8. The lowest BCUT2D eigenvalue weighted by Crippen LogP contribution is -2.56. The van der Waals surface area contributed by atoms with E-state index >= 15 is 0 Å². The fourth-order valence-corrected chi connectivity index (χ4v) is 10.0. The van der Waals surface area contributed by atoms with Crippen LogP contribution in [0.5, 0.6) is 0 Å². The Bertz CT molecular complexity index is 1030. The molecule has 0 aromatic heterocycles. The smallest absolute Gasteiger partial charge is 0.319 e. The van der Waals surface area contributed by atoms with Crippen LogP contribution in [0.15, 0.2) is 0 Å². The van der Waals surface area contributed by atoms with Crippen molar-refractivity contribution < 1.29 is 38.5 Å². The van der Waals surface area contributed by atoms with Gasteiger partial charge in [0.05, 0.1) is 0 Å². The van der Waals surface area contributed by atoms with Gasteiger partial charge in [0.1, 0.15) is 11.5 Å². The zero-order valence-corrected chi connectivity index (χ0v) is 26.4. The predicted octanol–water partition coefficient (Wildman–Crippen LogP) is 6.54. The molecule has 4 fully saturated rings. The second-order valence-electron chi connectivity index (χ2n) is 15.0. The Kier molecular flexibility index (Phi) is 8.67. The summed E-state index contributed by atoms with van der Waals surface area (Å²) in [5, 5.41) is 9.43. The van der Waals surface area contributed by atoms with Gasteiger partial charge in [0, 0.05) is 27.2 Å². The minimum atomic E-state index is -1.78. The third-order valence-corrected chi connectivity index (χ3v) is 12.5. The molecule has 8 heteroatoms. The molecule has 4 rings (SSSR count). The molecule has 0 aromatic carbocycles. The largest absolute Gasteiger partial charge is 0.481 e. The Hall–Kier alpha value is -2.12. The van der Waals surface area contributed by atoms with Gasteiger partial charge >= 0.3 is 23.9 Å². The fraction of sp³-hybridized carbons (Fsp3) is 0.879. The van der Waals surface area contributed by atoms with Gasteiger partial charge in [0.25, 0.3) is 5.79 Å². The van der Waals surface area contributed by atoms with Crippen molar-refractivity contribution in [1.29, 1.82) is 0 Å². The summed E-state index contributed by atoms with van der Waals surface area (Å²) in [5.74, 6) is -1.13. The lowest BCUT2D eigenvalue weighted by atomic mass is 9.44. The highest BCUT2D eigenvalue weighted by molar-refractivity contribution is 5.79. The maximum atomic E-state index is 13.5. The summed E-state index contributed by atoms with van der Waals surface area (Å²) in [6.45, 7) is 14.1. The first-order valence-electron chi connectivity index (χ1n) is 15.8. The van der Waals surface area contributed by atoms with E-state index in [0.717, 1.165) is 32.1 Å². The molecule has 4 aliphatic rings. The Morgan fingerprint density at radius 3 is 2.02 bits per heavy atom. The van der Waals surface area contributed by atoms with Crippen LogP contribution < -0.4 is 0 Å². The zero-order chi connectivity index (χ0) is 30.5. The maximum absolute atomic E-state index is 13.5. The molecule has 1 N–H and O–H groups in total. The predicted molar refractivity (Wildman–Crippen MR) is 152 cm³/mol. The van der Waals surface area contributed by atoms with Gasteiger partial charge in [-0.25, -0.2) is 0 Å². The second-order valence-corrected chi connectivity index (χ2v) is 15.0. The minimum absolute atomic E-state index is 0.206. The van der Waals surface area contributed by atoms with Gasteiger partial charge < -0.3 is 19.3 Å². The monoisotopic (exact) mass is 576 g/mol. The summed E-state index contributed by atoms with van der Waals surface area (Å²) in [6, 6.07) is 0.